The minimum absolute atomic E-state index is 0.0138. The topological polar surface area (TPSA) is 94.5 Å². The monoisotopic (exact) mass is 584 g/mol. The summed E-state index contributed by atoms with van der Waals surface area (Å²) in [5.41, 5.74) is -0.326. The lowest BCUT2D eigenvalue weighted by Gasteiger charge is -2.22. The fraction of sp³-hybridized carbons (Fsp3) is 0.0938. The molecule has 0 atom stereocenters. The van der Waals surface area contributed by atoms with Crippen LogP contribution < -0.4 is 25.5 Å². The number of rotatable bonds is 6. The number of amides is 1. The molecular weight excluding hydrogens is 561 g/mol. The van der Waals surface area contributed by atoms with E-state index in [1.807, 2.05) is 32.0 Å². The molecule has 0 bridgehead atoms. The van der Waals surface area contributed by atoms with Gasteiger partial charge in [-0.3, -0.25) is 9.59 Å². The van der Waals surface area contributed by atoms with Crippen molar-refractivity contribution in [1.29, 1.82) is 0 Å². The predicted molar refractivity (Wildman–Crippen MR) is 155 cm³/mol. The van der Waals surface area contributed by atoms with E-state index in [9.17, 15) is 18.4 Å². The Kier molecular flexibility index (Phi) is 7.06. The molecule has 1 aliphatic heterocycles. The van der Waals surface area contributed by atoms with Crippen molar-refractivity contribution < 1.29 is 27.4 Å². The number of benzene rings is 3. The van der Waals surface area contributed by atoms with Gasteiger partial charge in [0.1, 0.15) is 17.2 Å². The van der Waals surface area contributed by atoms with Gasteiger partial charge in [-0.05, 0) is 55.8 Å². The third-order valence-electron chi connectivity index (χ3n) is 6.69. The van der Waals surface area contributed by atoms with E-state index in [0.29, 0.717) is 17.6 Å². The molecule has 0 radical (unpaired) electrons. The number of aromatic nitrogens is 2. The Balaban J connectivity index is 1.26. The zero-order chi connectivity index (χ0) is 30.2. The maximum Gasteiger partial charge on any atom is 0.261 e. The van der Waals surface area contributed by atoms with Gasteiger partial charge in [0.15, 0.2) is 28.9 Å². The number of halogens is 3. The standard InChI is InChI=1S/C32H23F3N4O4/c1-17(2)39-15-22(18-11-19(33)13-20(34)12-18)29(40)23(16-39)32(41)37-21-7-8-26(24(35)14-21)42-28-9-10-36-31-30(28)43-27-6-4-3-5-25(27)38-31/h3-17H,1-2H3,(H,36,38)(H,37,41). The lowest BCUT2D eigenvalue weighted by molar-refractivity contribution is 0.102. The van der Waals surface area contributed by atoms with Crippen LogP contribution in [0.2, 0.25) is 0 Å². The van der Waals surface area contributed by atoms with Crippen molar-refractivity contribution in [1.82, 2.24) is 9.55 Å². The normalized spacial score (nSPS) is 11.7. The van der Waals surface area contributed by atoms with Gasteiger partial charge in [-0.15, -0.1) is 0 Å². The van der Waals surface area contributed by atoms with Crippen LogP contribution in [0, 0.1) is 17.5 Å². The molecule has 0 fully saturated rings. The molecule has 1 aliphatic rings. The van der Waals surface area contributed by atoms with Crippen molar-refractivity contribution in [3.8, 4) is 34.1 Å². The molecule has 0 saturated heterocycles. The molecule has 2 aromatic heterocycles. The van der Waals surface area contributed by atoms with Gasteiger partial charge in [0.2, 0.25) is 11.2 Å². The summed E-state index contributed by atoms with van der Waals surface area (Å²) in [5, 5.41) is 5.66. The maximum atomic E-state index is 15.2. The van der Waals surface area contributed by atoms with Crippen molar-refractivity contribution in [2.45, 2.75) is 19.9 Å². The Morgan fingerprint density at radius 1 is 0.977 bits per heavy atom. The van der Waals surface area contributed by atoms with E-state index in [1.165, 1.54) is 36.8 Å². The van der Waals surface area contributed by atoms with Gasteiger partial charge in [0.05, 0.1) is 5.69 Å². The van der Waals surface area contributed by atoms with Crippen molar-refractivity contribution >= 4 is 23.1 Å². The third kappa shape index (κ3) is 5.52. The zero-order valence-corrected chi connectivity index (χ0v) is 22.8. The molecule has 0 spiro atoms. The molecule has 0 saturated carbocycles. The highest BCUT2D eigenvalue weighted by molar-refractivity contribution is 6.04. The predicted octanol–water partition coefficient (Wildman–Crippen LogP) is 7.80. The molecule has 8 nitrogen and oxygen atoms in total. The van der Waals surface area contributed by atoms with E-state index in [1.54, 1.807) is 10.6 Å². The SMILES string of the molecule is CC(C)n1cc(C(=O)Nc2ccc(Oc3ccnc4c3Oc3ccccc3N4)c(F)c2)c(=O)c(-c2cc(F)cc(F)c2)c1. The molecule has 0 unspecified atom stereocenters. The number of fused-ring (bicyclic) bond motifs is 2. The van der Waals surface area contributed by atoms with Gasteiger partial charge in [0, 0.05) is 54.1 Å². The third-order valence-corrected chi connectivity index (χ3v) is 6.69. The fourth-order valence-electron chi connectivity index (χ4n) is 4.55. The Morgan fingerprint density at radius 2 is 1.74 bits per heavy atom. The Morgan fingerprint density at radius 3 is 2.49 bits per heavy atom. The van der Waals surface area contributed by atoms with Gasteiger partial charge < -0.3 is 24.7 Å². The lowest BCUT2D eigenvalue weighted by atomic mass is 10.0. The van der Waals surface area contributed by atoms with Crippen LogP contribution in [0.4, 0.5) is 30.4 Å². The van der Waals surface area contributed by atoms with E-state index in [4.69, 9.17) is 9.47 Å². The summed E-state index contributed by atoms with van der Waals surface area (Å²) >= 11 is 0. The van der Waals surface area contributed by atoms with Gasteiger partial charge in [-0.25, -0.2) is 18.2 Å². The number of carbonyl (C=O) groups excluding carboxylic acids is 1. The molecule has 6 rings (SSSR count). The van der Waals surface area contributed by atoms with Crippen molar-refractivity contribution in [3.05, 3.63) is 119 Å². The molecular formula is C32H23F3N4O4. The van der Waals surface area contributed by atoms with Crippen LogP contribution in [0.3, 0.4) is 0 Å². The fourth-order valence-corrected chi connectivity index (χ4v) is 4.55. The molecule has 43 heavy (non-hydrogen) atoms. The Labute approximate surface area is 243 Å². The number of hydrogen-bond donors (Lipinski definition) is 2. The number of carbonyl (C=O) groups is 1. The van der Waals surface area contributed by atoms with Crippen molar-refractivity contribution in [3.63, 3.8) is 0 Å². The summed E-state index contributed by atoms with van der Waals surface area (Å²) in [6, 6.07) is 15.1. The second-order valence-corrected chi connectivity index (χ2v) is 10.0. The molecule has 3 heterocycles. The molecule has 216 valence electrons. The number of anilines is 3. The second kappa shape index (κ2) is 11.0. The smallest absolute Gasteiger partial charge is 0.261 e. The van der Waals surface area contributed by atoms with Crippen LogP contribution in [-0.4, -0.2) is 15.5 Å². The highest BCUT2D eigenvalue weighted by atomic mass is 19.1. The molecule has 1 amide bonds. The quantitative estimate of drug-likeness (QED) is 0.207. The van der Waals surface area contributed by atoms with E-state index >= 15 is 4.39 Å². The van der Waals surface area contributed by atoms with Crippen LogP contribution in [0.5, 0.6) is 23.0 Å². The van der Waals surface area contributed by atoms with Crippen LogP contribution in [-0.2, 0) is 0 Å². The average molecular weight is 585 g/mol. The minimum Gasteiger partial charge on any atom is -0.450 e. The Bertz CT molecular complexity index is 1940. The van der Waals surface area contributed by atoms with Crippen molar-refractivity contribution in [2.24, 2.45) is 0 Å². The molecule has 2 N–H and O–H groups in total. The first kappa shape index (κ1) is 27.6. The first-order valence-corrected chi connectivity index (χ1v) is 13.2. The maximum absolute atomic E-state index is 15.2. The number of nitrogens with zero attached hydrogens (tertiary/aromatic N) is 2. The van der Waals surface area contributed by atoms with E-state index in [2.05, 4.69) is 15.6 Å². The number of ether oxygens (including phenoxy) is 2. The van der Waals surface area contributed by atoms with Crippen LogP contribution >= 0.6 is 0 Å². The minimum atomic E-state index is -0.863. The summed E-state index contributed by atoms with van der Waals surface area (Å²) in [5.74, 6) is -2.06. The van der Waals surface area contributed by atoms with E-state index < -0.39 is 28.8 Å². The van der Waals surface area contributed by atoms with Crippen LogP contribution in [0.25, 0.3) is 11.1 Å². The van der Waals surface area contributed by atoms with Gasteiger partial charge in [-0.2, -0.15) is 0 Å². The number of nitrogens with one attached hydrogen (secondary N) is 2. The second-order valence-electron chi connectivity index (χ2n) is 10.0. The van der Waals surface area contributed by atoms with Crippen molar-refractivity contribution in [2.75, 3.05) is 10.6 Å². The summed E-state index contributed by atoms with van der Waals surface area (Å²) in [6.07, 6.45) is 4.26. The molecule has 11 heteroatoms. The number of pyridine rings is 2. The summed E-state index contributed by atoms with van der Waals surface area (Å²) in [7, 11) is 0. The number of hydrogen-bond acceptors (Lipinski definition) is 6. The molecule has 3 aromatic carbocycles. The highest BCUT2D eigenvalue weighted by Crippen LogP contribution is 2.46. The molecule has 5 aromatic rings. The Hall–Kier alpha value is -5.58. The van der Waals surface area contributed by atoms with Crippen LogP contribution in [0.1, 0.15) is 30.2 Å². The average Bonchev–Trinajstić information content (AvgIpc) is 2.97. The van der Waals surface area contributed by atoms with E-state index in [-0.39, 0.29) is 45.7 Å². The molecule has 0 aliphatic carbocycles. The van der Waals surface area contributed by atoms with Gasteiger partial charge >= 0.3 is 0 Å². The van der Waals surface area contributed by atoms with Gasteiger partial charge in [-0.1, -0.05) is 12.1 Å². The summed E-state index contributed by atoms with van der Waals surface area (Å²) in [6.45, 7) is 3.63. The lowest BCUT2D eigenvalue weighted by Crippen LogP contribution is -2.25. The van der Waals surface area contributed by atoms with E-state index in [0.717, 1.165) is 23.9 Å². The van der Waals surface area contributed by atoms with Crippen LogP contribution in [0.15, 0.2) is 90.1 Å². The number of para-hydroxylation sites is 2. The van der Waals surface area contributed by atoms with Gasteiger partial charge in [0.25, 0.3) is 5.91 Å². The first-order valence-electron chi connectivity index (χ1n) is 13.2. The summed E-state index contributed by atoms with van der Waals surface area (Å²) < 4.78 is 56.3. The largest absolute Gasteiger partial charge is 0.450 e. The first-order chi connectivity index (χ1) is 20.7. The highest BCUT2D eigenvalue weighted by Gasteiger charge is 2.23. The zero-order valence-electron chi connectivity index (χ0n) is 22.8. The summed E-state index contributed by atoms with van der Waals surface area (Å²) in [4.78, 5) is 30.8.